The molecule has 6 rings (SSSR count). The van der Waals surface area contributed by atoms with Gasteiger partial charge in [-0.3, -0.25) is 19.1 Å². The molecule has 1 aromatic heterocycles. The summed E-state index contributed by atoms with van der Waals surface area (Å²) in [7, 11) is 1.77. The van der Waals surface area contributed by atoms with Gasteiger partial charge in [-0.25, -0.2) is 4.68 Å². The van der Waals surface area contributed by atoms with Crippen LogP contribution in [0.2, 0.25) is 0 Å². The Bertz CT molecular complexity index is 1100. The molecule has 1 N–H and O–H groups in total. The van der Waals surface area contributed by atoms with Gasteiger partial charge in [-0.1, -0.05) is 18.2 Å². The third kappa shape index (κ3) is 4.02. The average molecular weight is 452 g/mol. The van der Waals surface area contributed by atoms with Gasteiger partial charge >= 0.3 is 5.97 Å². The van der Waals surface area contributed by atoms with E-state index >= 15 is 0 Å². The molecule has 1 amide bonds. The number of carbonyl (C=O) groups excluding carboxylic acids is 2. The summed E-state index contributed by atoms with van der Waals surface area (Å²) in [6.07, 6.45) is 6.78. The molecule has 7 heteroatoms. The van der Waals surface area contributed by atoms with Crippen molar-refractivity contribution in [1.82, 2.24) is 9.36 Å². The summed E-state index contributed by atoms with van der Waals surface area (Å²) in [6.45, 7) is 3.35. The first-order valence-electron chi connectivity index (χ1n) is 12.1. The number of anilines is 1. The van der Waals surface area contributed by atoms with Gasteiger partial charge in [0.25, 0.3) is 11.5 Å². The lowest BCUT2D eigenvalue weighted by Gasteiger charge is -2.56. The summed E-state index contributed by atoms with van der Waals surface area (Å²) >= 11 is 0. The van der Waals surface area contributed by atoms with Crippen molar-refractivity contribution >= 4 is 17.6 Å². The molecule has 33 heavy (non-hydrogen) atoms. The second-order valence-electron chi connectivity index (χ2n) is 10.7. The molecule has 4 aliphatic rings. The summed E-state index contributed by atoms with van der Waals surface area (Å²) < 4.78 is 8.77. The summed E-state index contributed by atoms with van der Waals surface area (Å²) in [4.78, 5) is 38.7. The first-order valence-corrected chi connectivity index (χ1v) is 12.1. The van der Waals surface area contributed by atoms with Crippen molar-refractivity contribution in [2.75, 3.05) is 5.32 Å². The van der Waals surface area contributed by atoms with Gasteiger partial charge in [-0.2, -0.15) is 0 Å². The van der Waals surface area contributed by atoms with Gasteiger partial charge in [0.2, 0.25) is 0 Å². The van der Waals surface area contributed by atoms with Crippen molar-refractivity contribution in [3.8, 4) is 5.69 Å². The van der Waals surface area contributed by atoms with E-state index in [9.17, 15) is 14.4 Å². The number of rotatable bonds is 6. The zero-order valence-electron chi connectivity index (χ0n) is 19.7. The Morgan fingerprint density at radius 1 is 1.09 bits per heavy atom. The highest BCUT2D eigenvalue weighted by Gasteiger charge is 2.51. The number of ether oxygens (including phenoxy) is 1. The van der Waals surface area contributed by atoms with Crippen molar-refractivity contribution < 1.29 is 14.3 Å². The van der Waals surface area contributed by atoms with Gasteiger partial charge in [0.05, 0.1) is 17.8 Å². The van der Waals surface area contributed by atoms with Crippen LogP contribution < -0.4 is 10.9 Å². The van der Waals surface area contributed by atoms with E-state index in [2.05, 4.69) is 5.32 Å². The number of amides is 1. The van der Waals surface area contributed by atoms with Crippen LogP contribution in [0.3, 0.4) is 0 Å². The molecular weight excluding hydrogens is 418 g/mol. The summed E-state index contributed by atoms with van der Waals surface area (Å²) in [5, 5.41) is 2.70. The van der Waals surface area contributed by atoms with E-state index in [1.807, 2.05) is 30.3 Å². The maximum absolute atomic E-state index is 13.0. The predicted molar refractivity (Wildman–Crippen MR) is 125 cm³/mol. The zero-order valence-corrected chi connectivity index (χ0v) is 19.7. The molecule has 4 fully saturated rings. The molecule has 4 bridgehead atoms. The van der Waals surface area contributed by atoms with Gasteiger partial charge in [-0.15, -0.1) is 0 Å². The molecular formula is C26H33N3O4. The number of aromatic nitrogens is 2. The van der Waals surface area contributed by atoms with Crippen LogP contribution in [0.15, 0.2) is 35.1 Å². The monoisotopic (exact) mass is 451 g/mol. The highest BCUT2D eigenvalue weighted by atomic mass is 16.5. The zero-order chi connectivity index (χ0) is 23.3. The second-order valence-corrected chi connectivity index (χ2v) is 10.7. The number of esters is 1. The fraction of sp³-hybridized carbons (Fsp3) is 0.577. The van der Waals surface area contributed by atoms with E-state index < -0.39 is 12.0 Å². The van der Waals surface area contributed by atoms with E-state index in [4.69, 9.17) is 4.74 Å². The molecule has 1 aromatic carbocycles. The summed E-state index contributed by atoms with van der Waals surface area (Å²) in [5.74, 6) is 1.50. The highest BCUT2D eigenvalue weighted by molar-refractivity contribution is 5.95. The quantitative estimate of drug-likeness (QED) is 0.674. The Morgan fingerprint density at radius 3 is 2.24 bits per heavy atom. The van der Waals surface area contributed by atoms with E-state index in [1.165, 1.54) is 23.9 Å². The Labute approximate surface area is 194 Å². The smallest absolute Gasteiger partial charge is 0.307 e. The summed E-state index contributed by atoms with van der Waals surface area (Å²) in [5.41, 5.74) is 1.30. The number of hydrogen-bond acceptors (Lipinski definition) is 4. The third-order valence-corrected chi connectivity index (χ3v) is 8.16. The lowest BCUT2D eigenvalue weighted by atomic mass is 9.49. The number of para-hydroxylation sites is 1. The standard InChI is InChI=1S/C26H33N3O4/c1-16-23(25(32)29(28(16)3)21-7-5-4-6-8-21)27-24(31)17(2)33-22(30)15-26-12-18-9-19(13-26)11-20(10-18)14-26/h4-8,17-20H,9-15H2,1-3H3,(H,27,31). The lowest BCUT2D eigenvalue weighted by Crippen LogP contribution is -2.47. The minimum Gasteiger partial charge on any atom is -0.453 e. The van der Waals surface area contributed by atoms with Gasteiger partial charge < -0.3 is 10.1 Å². The largest absolute Gasteiger partial charge is 0.453 e. The fourth-order valence-corrected chi connectivity index (χ4v) is 7.04. The first-order chi connectivity index (χ1) is 15.7. The predicted octanol–water partition coefficient (Wildman–Crippen LogP) is 3.96. The van der Waals surface area contributed by atoms with Crippen LogP contribution in [0.5, 0.6) is 0 Å². The maximum atomic E-state index is 13.0. The molecule has 1 heterocycles. The molecule has 1 unspecified atom stereocenters. The molecule has 0 aliphatic heterocycles. The van der Waals surface area contributed by atoms with Crippen LogP contribution in [0, 0.1) is 30.1 Å². The Kier molecular flexibility index (Phi) is 5.46. The van der Waals surface area contributed by atoms with Crippen molar-refractivity contribution in [3.63, 3.8) is 0 Å². The molecule has 4 aliphatic carbocycles. The number of benzene rings is 1. The molecule has 2 aromatic rings. The van der Waals surface area contributed by atoms with Crippen molar-refractivity contribution in [1.29, 1.82) is 0 Å². The second kappa shape index (κ2) is 8.19. The molecule has 1 atom stereocenters. The lowest BCUT2D eigenvalue weighted by molar-refractivity contribution is -0.160. The number of hydrogen-bond donors (Lipinski definition) is 1. The van der Waals surface area contributed by atoms with Crippen molar-refractivity contribution in [2.45, 2.75) is 64.9 Å². The van der Waals surface area contributed by atoms with E-state index in [0.29, 0.717) is 17.8 Å². The van der Waals surface area contributed by atoms with Crippen LogP contribution >= 0.6 is 0 Å². The number of nitrogens with one attached hydrogen (secondary N) is 1. The van der Waals surface area contributed by atoms with E-state index in [-0.39, 0.29) is 22.6 Å². The molecule has 176 valence electrons. The molecule has 0 saturated heterocycles. The average Bonchev–Trinajstić information content (AvgIpc) is 2.96. The summed E-state index contributed by atoms with van der Waals surface area (Å²) in [6, 6.07) is 9.26. The molecule has 0 radical (unpaired) electrons. The van der Waals surface area contributed by atoms with Crippen molar-refractivity contribution in [3.05, 3.63) is 46.4 Å². The Balaban J connectivity index is 1.25. The number of carbonyl (C=O) groups is 2. The fourth-order valence-electron chi connectivity index (χ4n) is 7.04. The first kappa shape index (κ1) is 22.0. The van der Waals surface area contributed by atoms with Crippen LogP contribution in [-0.2, 0) is 21.4 Å². The SMILES string of the molecule is Cc1c(NC(=O)C(C)OC(=O)CC23CC4CC(CC(C4)C2)C3)c(=O)n(-c2ccccc2)n1C. The maximum Gasteiger partial charge on any atom is 0.307 e. The highest BCUT2D eigenvalue weighted by Crippen LogP contribution is 2.61. The topological polar surface area (TPSA) is 82.3 Å². The van der Waals surface area contributed by atoms with Gasteiger partial charge in [0, 0.05) is 7.05 Å². The van der Waals surface area contributed by atoms with E-state index in [1.54, 1.807) is 25.6 Å². The van der Waals surface area contributed by atoms with Gasteiger partial charge in [0.15, 0.2) is 6.10 Å². The van der Waals surface area contributed by atoms with Gasteiger partial charge in [0.1, 0.15) is 5.69 Å². The Morgan fingerprint density at radius 2 is 1.67 bits per heavy atom. The molecule has 0 spiro atoms. The molecule has 7 nitrogen and oxygen atoms in total. The van der Waals surface area contributed by atoms with Crippen LogP contribution in [0.25, 0.3) is 5.69 Å². The van der Waals surface area contributed by atoms with Crippen molar-refractivity contribution in [2.24, 2.45) is 30.2 Å². The minimum atomic E-state index is -0.962. The van der Waals surface area contributed by atoms with E-state index in [0.717, 1.165) is 37.0 Å². The van der Waals surface area contributed by atoms with Gasteiger partial charge in [-0.05, 0) is 87.7 Å². The van der Waals surface area contributed by atoms with Crippen LogP contribution in [0.1, 0.15) is 57.6 Å². The Hall–Kier alpha value is -2.83. The minimum absolute atomic E-state index is 0.0709. The van der Waals surface area contributed by atoms with Crippen LogP contribution in [0.4, 0.5) is 5.69 Å². The van der Waals surface area contributed by atoms with Crippen LogP contribution in [-0.4, -0.2) is 27.3 Å². The molecule has 4 saturated carbocycles. The third-order valence-electron chi connectivity index (χ3n) is 8.16. The normalized spacial score (nSPS) is 28.5. The number of nitrogens with zero attached hydrogens (tertiary/aromatic N) is 2.